The van der Waals surface area contributed by atoms with Gasteiger partial charge in [0.25, 0.3) is 0 Å². The third kappa shape index (κ3) is 1.66. The molecular formula is C12H12N2O2. The van der Waals surface area contributed by atoms with Gasteiger partial charge >= 0.3 is 5.97 Å². The van der Waals surface area contributed by atoms with Crippen molar-refractivity contribution >= 4 is 5.97 Å². The molecule has 0 aromatic heterocycles. The van der Waals surface area contributed by atoms with Crippen molar-refractivity contribution in [1.82, 2.24) is 5.32 Å². The number of rotatable bonds is 1. The summed E-state index contributed by atoms with van der Waals surface area (Å²) in [6.45, 7) is 1.46. The van der Waals surface area contributed by atoms with Crippen molar-refractivity contribution in [3.8, 4) is 6.07 Å². The Hall–Kier alpha value is -1.86. The highest BCUT2D eigenvalue weighted by Gasteiger charge is 2.20. The average Bonchev–Trinajstić information content (AvgIpc) is 2.36. The van der Waals surface area contributed by atoms with E-state index in [9.17, 15) is 4.79 Å². The van der Waals surface area contributed by atoms with Crippen molar-refractivity contribution in [2.24, 2.45) is 0 Å². The smallest absolute Gasteiger partial charge is 0.338 e. The molecule has 0 radical (unpaired) electrons. The number of hydrogen-bond acceptors (Lipinski definition) is 4. The standard InChI is InChI=1S/C12H12N2O2/c1-16-12(15)10-3-2-8(6-13)9-4-5-14-7-11(9)10/h2-3,14H,4-5,7H2,1H3. The molecule has 2 rings (SSSR count). The molecule has 0 saturated heterocycles. The Morgan fingerprint density at radius 1 is 1.50 bits per heavy atom. The summed E-state index contributed by atoms with van der Waals surface area (Å²) in [4.78, 5) is 11.6. The molecule has 0 bridgehead atoms. The minimum atomic E-state index is -0.343. The number of fused-ring (bicyclic) bond motifs is 1. The summed E-state index contributed by atoms with van der Waals surface area (Å²) in [5.74, 6) is -0.343. The van der Waals surface area contributed by atoms with Gasteiger partial charge < -0.3 is 10.1 Å². The van der Waals surface area contributed by atoms with E-state index < -0.39 is 0 Å². The van der Waals surface area contributed by atoms with Crippen LogP contribution in [-0.2, 0) is 17.7 Å². The van der Waals surface area contributed by atoms with Crippen LogP contribution in [0.15, 0.2) is 12.1 Å². The maximum Gasteiger partial charge on any atom is 0.338 e. The number of hydrogen-bond donors (Lipinski definition) is 1. The molecule has 0 aliphatic carbocycles. The Labute approximate surface area is 93.8 Å². The van der Waals surface area contributed by atoms with Crippen molar-refractivity contribution < 1.29 is 9.53 Å². The fraction of sp³-hybridized carbons (Fsp3) is 0.333. The van der Waals surface area contributed by atoms with Gasteiger partial charge in [0.1, 0.15) is 0 Å². The molecule has 0 saturated carbocycles. The fourth-order valence-electron chi connectivity index (χ4n) is 2.01. The Balaban J connectivity index is 2.58. The van der Waals surface area contributed by atoms with E-state index in [1.807, 2.05) is 0 Å². The van der Waals surface area contributed by atoms with Crippen LogP contribution in [0.3, 0.4) is 0 Å². The predicted octanol–water partition coefficient (Wildman–Crippen LogP) is 0.991. The van der Waals surface area contributed by atoms with Gasteiger partial charge in [-0.05, 0) is 36.2 Å². The number of carbonyl (C=O) groups excluding carboxylic acids is 1. The van der Waals surface area contributed by atoms with Crippen LogP contribution in [0.1, 0.15) is 27.0 Å². The van der Waals surface area contributed by atoms with Crippen molar-refractivity contribution in [2.75, 3.05) is 13.7 Å². The number of ether oxygens (including phenoxy) is 1. The maximum atomic E-state index is 11.6. The highest BCUT2D eigenvalue weighted by Crippen LogP contribution is 2.22. The first-order chi connectivity index (χ1) is 7.77. The van der Waals surface area contributed by atoms with Gasteiger partial charge in [0.05, 0.1) is 24.3 Å². The molecule has 1 aromatic carbocycles. The minimum absolute atomic E-state index is 0.343. The van der Waals surface area contributed by atoms with Crippen LogP contribution in [0.5, 0.6) is 0 Å². The van der Waals surface area contributed by atoms with Crippen LogP contribution < -0.4 is 5.32 Å². The Morgan fingerprint density at radius 2 is 2.31 bits per heavy atom. The van der Waals surface area contributed by atoms with E-state index in [4.69, 9.17) is 10.00 Å². The molecule has 1 aliphatic heterocycles. The molecule has 4 nitrogen and oxygen atoms in total. The monoisotopic (exact) mass is 216 g/mol. The molecule has 1 aliphatic rings. The van der Waals surface area contributed by atoms with Crippen molar-refractivity contribution in [1.29, 1.82) is 5.26 Å². The molecule has 16 heavy (non-hydrogen) atoms. The van der Waals surface area contributed by atoms with Gasteiger partial charge in [0.2, 0.25) is 0 Å². The highest BCUT2D eigenvalue weighted by molar-refractivity contribution is 5.91. The van der Waals surface area contributed by atoms with Crippen LogP contribution in [-0.4, -0.2) is 19.6 Å². The summed E-state index contributed by atoms with van der Waals surface area (Å²) < 4.78 is 4.73. The summed E-state index contributed by atoms with van der Waals surface area (Å²) in [6.07, 6.45) is 0.781. The second kappa shape index (κ2) is 4.33. The van der Waals surface area contributed by atoms with Crippen LogP contribution >= 0.6 is 0 Å². The third-order valence-electron chi connectivity index (χ3n) is 2.81. The Kier molecular flexibility index (Phi) is 2.88. The number of nitriles is 1. The Bertz CT molecular complexity index is 475. The van der Waals surface area contributed by atoms with Gasteiger partial charge in [-0.15, -0.1) is 0 Å². The van der Waals surface area contributed by atoms with Gasteiger partial charge in [0, 0.05) is 6.54 Å². The SMILES string of the molecule is COC(=O)c1ccc(C#N)c2c1CNCC2. The summed E-state index contributed by atoms with van der Waals surface area (Å²) in [5.41, 5.74) is 3.09. The zero-order chi connectivity index (χ0) is 11.5. The molecule has 0 fully saturated rings. The van der Waals surface area contributed by atoms with E-state index in [0.717, 1.165) is 24.1 Å². The van der Waals surface area contributed by atoms with E-state index in [1.165, 1.54) is 7.11 Å². The molecule has 0 atom stereocenters. The summed E-state index contributed by atoms with van der Waals surface area (Å²) in [7, 11) is 1.36. The average molecular weight is 216 g/mol. The molecule has 1 N–H and O–H groups in total. The van der Waals surface area contributed by atoms with Crippen LogP contribution in [0, 0.1) is 11.3 Å². The van der Waals surface area contributed by atoms with E-state index in [0.29, 0.717) is 17.7 Å². The molecule has 0 amide bonds. The molecule has 1 heterocycles. The third-order valence-corrected chi connectivity index (χ3v) is 2.81. The topological polar surface area (TPSA) is 62.1 Å². The minimum Gasteiger partial charge on any atom is -0.465 e. The number of carbonyl (C=O) groups is 1. The summed E-state index contributed by atoms with van der Waals surface area (Å²) in [6, 6.07) is 5.51. The van der Waals surface area contributed by atoms with Gasteiger partial charge in [-0.3, -0.25) is 0 Å². The number of nitrogens with zero attached hydrogens (tertiary/aromatic N) is 1. The highest BCUT2D eigenvalue weighted by atomic mass is 16.5. The lowest BCUT2D eigenvalue weighted by Crippen LogP contribution is -2.26. The first kappa shape index (κ1) is 10.7. The van der Waals surface area contributed by atoms with Crippen molar-refractivity contribution in [3.05, 3.63) is 34.4 Å². The summed E-state index contributed by atoms with van der Waals surface area (Å²) >= 11 is 0. The molecular weight excluding hydrogens is 204 g/mol. The van der Waals surface area contributed by atoms with Gasteiger partial charge in [-0.25, -0.2) is 4.79 Å². The first-order valence-electron chi connectivity index (χ1n) is 5.12. The van der Waals surface area contributed by atoms with Crippen molar-refractivity contribution in [2.45, 2.75) is 13.0 Å². The lowest BCUT2D eigenvalue weighted by molar-refractivity contribution is 0.0599. The zero-order valence-corrected chi connectivity index (χ0v) is 9.04. The number of methoxy groups -OCH3 is 1. The van der Waals surface area contributed by atoms with Gasteiger partial charge in [-0.2, -0.15) is 5.26 Å². The quantitative estimate of drug-likeness (QED) is 0.711. The van der Waals surface area contributed by atoms with Gasteiger partial charge in [0.15, 0.2) is 0 Å². The molecule has 4 heteroatoms. The van der Waals surface area contributed by atoms with Crippen LogP contribution in [0.2, 0.25) is 0 Å². The largest absolute Gasteiger partial charge is 0.465 e. The van der Waals surface area contributed by atoms with E-state index in [-0.39, 0.29) is 5.97 Å². The normalized spacial score (nSPS) is 13.8. The first-order valence-corrected chi connectivity index (χ1v) is 5.12. The maximum absolute atomic E-state index is 11.6. The Morgan fingerprint density at radius 3 is 3.00 bits per heavy atom. The molecule has 82 valence electrons. The lowest BCUT2D eigenvalue weighted by atomic mass is 9.92. The molecule has 1 aromatic rings. The van der Waals surface area contributed by atoms with Gasteiger partial charge in [-0.1, -0.05) is 0 Å². The van der Waals surface area contributed by atoms with Crippen LogP contribution in [0.4, 0.5) is 0 Å². The second-order valence-electron chi connectivity index (χ2n) is 3.65. The number of nitrogens with one attached hydrogen (secondary N) is 1. The fourth-order valence-corrected chi connectivity index (χ4v) is 2.01. The predicted molar refractivity (Wildman–Crippen MR) is 57.9 cm³/mol. The second-order valence-corrected chi connectivity index (χ2v) is 3.65. The molecule has 0 unspecified atom stereocenters. The van der Waals surface area contributed by atoms with Crippen molar-refractivity contribution in [3.63, 3.8) is 0 Å². The van der Waals surface area contributed by atoms with Crippen LogP contribution in [0.25, 0.3) is 0 Å². The number of esters is 1. The van der Waals surface area contributed by atoms with E-state index >= 15 is 0 Å². The molecule has 0 spiro atoms. The lowest BCUT2D eigenvalue weighted by Gasteiger charge is -2.20. The zero-order valence-electron chi connectivity index (χ0n) is 9.04. The van der Waals surface area contributed by atoms with E-state index in [1.54, 1.807) is 12.1 Å². The van der Waals surface area contributed by atoms with E-state index in [2.05, 4.69) is 11.4 Å². The number of benzene rings is 1. The summed E-state index contributed by atoms with van der Waals surface area (Å²) in [5, 5.41) is 12.2.